The van der Waals surface area contributed by atoms with Crippen LogP contribution in [0, 0.1) is 0 Å². The number of ether oxygens (including phenoxy) is 3. The van der Waals surface area contributed by atoms with Crippen LogP contribution in [0.2, 0.25) is 0 Å². The molecule has 1 aliphatic carbocycles. The van der Waals surface area contributed by atoms with E-state index in [0.29, 0.717) is 19.3 Å². The van der Waals surface area contributed by atoms with E-state index in [-0.39, 0.29) is 0 Å². The molecular formula is C20H41N3O3. The van der Waals surface area contributed by atoms with Crippen molar-refractivity contribution in [2.75, 3.05) is 53.2 Å². The topological polar surface area (TPSA) is 64.1 Å². The average molecular weight is 372 g/mol. The fraction of sp³-hybridized carbons (Fsp3) is 0.950. The summed E-state index contributed by atoms with van der Waals surface area (Å²) in [7, 11) is 1.69. The van der Waals surface area contributed by atoms with E-state index in [1.54, 1.807) is 7.11 Å². The third-order valence-corrected chi connectivity index (χ3v) is 4.51. The van der Waals surface area contributed by atoms with Gasteiger partial charge in [0, 0.05) is 40.0 Å². The Morgan fingerprint density at radius 2 is 1.77 bits per heavy atom. The molecule has 6 heteroatoms. The Hall–Kier alpha value is -0.850. The SMILES string of the molecule is CCNC(=NCCCOCCOC)NCCCCCOC1CCCCC1. The second-order valence-electron chi connectivity index (χ2n) is 6.84. The summed E-state index contributed by atoms with van der Waals surface area (Å²) in [5, 5.41) is 6.70. The smallest absolute Gasteiger partial charge is 0.191 e. The molecule has 0 unspecified atom stereocenters. The van der Waals surface area contributed by atoms with Crippen molar-refractivity contribution in [2.45, 2.75) is 70.8 Å². The number of rotatable bonds is 15. The molecule has 2 N–H and O–H groups in total. The fourth-order valence-electron chi connectivity index (χ4n) is 3.04. The molecule has 0 amide bonds. The van der Waals surface area contributed by atoms with Gasteiger partial charge in [-0.05, 0) is 45.4 Å². The maximum Gasteiger partial charge on any atom is 0.191 e. The Balaban J connectivity index is 1.97. The largest absolute Gasteiger partial charge is 0.382 e. The predicted molar refractivity (Wildman–Crippen MR) is 108 cm³/mol. The molecule has 1 saturated carbocycles. The highest BCUT2D eigenvalue weighted by Crippen LogP contribution is 2.20. The van der Waals surface area contributed by atoms with Crippen LogP contribution in [0.15, 0.2) is 4.99 Å². The fourth-order valence-corrected chi connectivity index (χ4v) is 3.04. The van der Waals surface area contributed by atoms with Crippen LogP contribution in [0.3, 0.4) is 0 Å². The van der Waals surface area contributed by atoms with Crippen molar-refractivity contribution in [3.8, 4) is 0 Å². The molecule has 1 rings (SSSR count). The first-order valence-electron chi connectivity index (χ1n) is 10.6. The molecular weight excluding hydrogens is 330 g/mol. The maximum absolute atomic E-state index is 5.97. The lowest BCUT2D eigenvalue weighted by Crippen LogP contribution is -2.37. The molecule has 154 valence electrons. The summed E-state index contributed by atoms with van der Waals surface area (Å²) in [5.74, 6) is 0.905. The van der Waals surface area contributed by atoms with Gasteiger partial charge in [-0.3, -0.25) is 4.99 Å². The number of hydrogen-bond acceptors (Lipinski definition) is 4. The highest BCUT2D eigenvalue weighted by Gasteiger charge is 2.12. The first-order chi connectivity index (χ1) is 12.9. The van der Waals surface area contributed by atoms with Crippen LogP contribution in [0.1, 0.15) is 64.7 Å². The van der Waals surface area contributed by atoms with Gasteiger partial charge in [0.25, 0.3) is 0 Å². The lowest BCUT2D eigenvalue weighted by atomic mass is 9.98. The Labute approximate surface area is 160 Å². The molecule has 26 heavy (non-hydrogen) atoms. The number of nitrogens with one attached hydrogen (secondary N) is 2. The molecule has 0 aromatic carbocycles. The first kappa shape index (κ1) is 23.2. The standard InChI is InChI=1S/C20H41N3O3/c1-3-21-20(23-14-10-15-25-18-17-24-2)22-13-8-5-9-16-26-19-11-6-4-7-12-19/h19H,3-18H2,1-2H3,(H2,21,22,23). The van der Waals surface area contributed by atoms with Crippen molar-refractivity contribution in [1.82, 2.24) is 10.6 Å². The van der Waals surface area contributed by atoms with E-state index in [4.69, 9.17) is 14.2 Å². The summed E-state index contributed by atoms with van der Waals surface area (Å²) in [5.41, 5.74) is 0. The number of guanidine groups is 1. The lowest BCUT2D eigenvalue weighted by molar-refractivity contribution is 0.0264. The number of unbranched alkanes of at least 4 members (excludes halogenated alkanes) is 2. The molecule has 1 fully saturated rings. The van der Waals surface area contributed by atoms with E-state index in [1.165, 1.54) is 38.5 Å². The normalized spacial score (nSPS) is 16.0. The second kappa shape index (κ2) is 17.6. The highest BCUT2D eigenvalue weighted by molar-refractivity contribution is 5.79. The predicted octanol–water partition coefficient (Wildman–Crippen LogP) is 3.11. The Kier molecular flexibility index (Phi) is 15.7. The van der Waals surface area contributed by atoms with E-state index < -0.39 is 0 Å². The van der Waals surface area contributed by atoms with E-state index in [2.05, 4.69) is 22.5 Å². The summed E-state index contributed by atoms with van der Waals surface area (Å²) in [4.78, 5) is 4.58. The van der Waals surface area contributed by atoms with Crippen LogP contribution in [-0.4, -0.2) is 65.2 Å². The molecule has 6 nitrogen and oxygen atoms in total. The van der Waals surface area contributed by atoms with Crippen molar-refractivity contribution < 1.29 is 14.2 Å². The van der Waals surface area contributed by atoms with Gasteiger partial charge in [-0.15, -0.1) is 0 Å². The van der Waals surface area contributed by atoms with Gasteiger partial charge in [-0.2, -0.15) is 0 Å². The third-order valence-electron chi connectivity index (χ3n) is 4.51. The minimum absolute atomic E-state index is 0.535. The maximum atomic E-state index is 5.97. The van der Waals surface area contributed by atoms with E-state index in [1.807, 2.05) is 0 Å². The summed E-state index contributed by atoms with van der Waals surface area (Å²) in [6, 6.07) is 0. The van der Waals surface area contributed by atoms with Gasteiger partial charge in [0.15, 0.2) is 5.96 Å². The van der Waals surface area contributed by atoms with Gasteiger partial charge >= 0.3 is 0 Å². The van der Waals surface area contributed by atoms with Gasteiger partial charge in [0.05, 0.1) is 19.3 Å². The molecule has 0 aromatic rings. The van der Waals surface area contributed by atoms with E-state index in [9.17, 15) is 0 Å². The third kappa shape index (κ3) is 13.4. The molecule has 0 radical (unpaired) electrons. The molecule has 0 atom stereocenters. The van der Waals surface area contributed by atoms with Crippen LogP contribution in [0.4, 0.5) is 0 Å². The Bertz CT molecular complexity index is 334. The highest BCUT2D eigenvalue weighted by atomic mass is 16.5. The Morgan fingerprint density at radius 3 is 2.54 bits per heavy atom. The molecule has 1 aliphatic rings. The summed E-state index contributed by atoms with van der Waals surface area (Å²) >= 11 is 0. The monoisotopic (exact) mass is 371 g/mol. The molecule has 0 aromatic heterocycles. The van der Waals surface area contributed by atoms with Crippen LogP contribution in [0.25, 0.3) is 0 Å². The number of hydrogen-bond donors (Lipinski definition) is 2. The first-order valence-corrected chi connectivity index (χ1v) is 10.6. The minimum atomic E-state index is 0.535. The molecule has 0 spiro atoms. The average Bonchev–Trinajstić information content (AvgIpc) is 2.67. The molecule has 0 heterocycles. The van der Waals surface area contributed by atoms with Crippen LogP contribution in [-0.2, 0) is 14.2 Å². The zero-order valence-electron chi connectivity index (χ0n) is 17.1. The van der Waals surface area contributed by atoms with Gasteiger partial charge in [-0.25, -0.2) is 0 Å². The summed E-state index contributed by atoms with van der Waals surface area (Å²) < 4.78 is 16.4. The van der Waals surface area contributed by atoms with Gasteiger partial charge < -0.3 is 24.8 Å². The number of aliphatic imine (C=N–C) groups is 1. The zero-order chi connectivity index (χ0) is 18.7. The van der Waals surface area contributed by atoms with Crippen LogP contribution < -0.4 is 10.6 Å². The zero-order valence-corrected chi connectivity index (χ0v) is 17.1. The van der Waals surface area contributed by atoms with Crippen molar-refractivity contribution in [3.63, 3.8) is 0 Å². The second-order valence-corrected chi connectivity index (χ2v) is 6.84. The number of nitrogens with zero attached hydrogens (tertiary/aromatic N) is 1. The van der Waals surface area contributed by atoms with Gasteiger partial charge in [-0.1, -0.05) is 19.3 Å². The lowest BCUT2D eigenvalue weighted by Gasteiger charge is -2.21. The van der Waals surface area contributed by atoms with E-state index in [0.717, 1.165) is 58.1 Å². The Morgan fingerprint density at radius 1 is 0.923 bits per heavy atom. The minimum Gasteiger partial charge on any atom is -0.382 e. The van der Waals surface area contributed by atoms with Crippen LogP contribution >= 0.6 is 0 Å². The van der Waals surface area contributed by atoms with Crippen molar-refractivity contribution in [3.05, 3.63) is 0 Å². The molecule has 0 saturated heterocycles. The summed E-state index contributed by atoms with van der Waals surface area (Å²) in [6.07, 6.45) is 11.6. The van der Waals surface area contributed by atoms with Crippen molar-refractivity contribution >= 4 is 5.96 Å². The van der Waals surface area contributed by atoms with Gasteiger partial charge in [0.1, 0.15) is 0 Å². The van der Waals surface area contributed by atoms with E-state index >= 15 is 0 Å². The number of methoxy groups -OCH3 is 1. The molecule has 0 aliphatic heterocycles. The summed E-state index contributed by atoms with van der Waals surface area (Å²) in [6.45, 7) is 7.66. The quantitative estimate of drug-likeness (QED) is 0.263. The van der Waals surface area contributed by atoms with Crippen molar-refractivity contribution in [2.24, 2.45) is 4.99 Å². The van der Waals surface area contributed by atoms with Gasteiger partial charge in [0.2, 0.25) is 0 Å². The molecule has 0 bridgehead atoms. The van der Waals surface area contributed by atoms with Crippen LogP contribution in [0.5, 0.6) is 0 Å². The van der Waals surface area contributed by atoms with Crippen molar-refractivity contribution in [1.29, 1.82) is 0 Å².